The number of benzene rings is 2. The standard InChI is InChI=1S/C24H18N4O2SSe/c1-26-22(29)20(23(30)27(2)24(26)31)14-19-12-13-21(32-19)28(17-6-4-3-5-7-17)18-10-8-16(15-25)9-11-18/h3-14H,1-2H3. The van der Waals surface area contributed by atoms with E-state index < -0.39 is 11.8 Å². The predicted octanol–water partition coefficient (Wildman–Crippen LogP) is 3.68. The molecule has 0 bridgehead atoms. The Labute approximate surface area is 197 Å². The molecule has 1 aliphatic rings. The van der Waals surface area contributed by atoms with E-state index in [0.29, 0.717) is 5.56 Å². The van der Waals surface area contributed by atoms with Gasteiger partial charge in [0, 0.05) is 0 Å². The summed E-state index contributed by atoms with van der Waals surface area (Å²) in [5, 5.41) is 9.32. The predicted molar refractivity (Wildman–Crippen MR) is 129 cm³/mol. The van der Waals surface area contributed by atoms with Crippen LogP contribution in [0.1, 0.15) is 10.0 Å². The maximum atomic E-state index is 12.6. The number of likely N-dealkylation sites (N-methyl/N-ethyl adjacent to an activating group) is 2. The van der Waals surface area contributed by atoms with Crippen molar-refractivity contribution in [2.45, 2.75) is 0 Å². The van der Waals surface area contributed by atoms with E-state index >= 15 is 0 Å². The van der Waals surface area contributed by atoms with Crippen molar-refractivity contribution >= 4 is 65.7 Å². The van der Waals surface area contributed by atoms with Crippen LogP contribution in [0.5, 0.6) is 0 Å². The van der Waals surface area contributed by atoms with Gasteiger partial charge in [-0.25, -0.2) is 0 Å². The van der Waals surface area contributed by atoms with Crippen LogP contribution in [0.25, 0.3) is 6.08 Å². The zero-order valence-electron chi connectivity index (χ0n) is 17.4. The number of carbonyl (C=O) groups excluding carboxylic acids is 2. The summed E-state index contributed by atoms with van der Waals surface area (Å²) >= 11 is 5.01. The van der Waals surface area contributed by atoms with Gasteiger partial charge in [0.05, 0.1) is 0 Å². The van der Waals surface area contributed by atoms with E-state index in [0.717, 1.165) is 20.4 Å². The van der Waals surface area contributed by atoms with Crippen LogP contribution in [-0.2, 0) is 9.59 Å². The summed E-state index contributed by atoms with van der Waals surface area (Å²) < 4.78 is 1.96. The van der Waals surface area contributed by atoms with Crippen LogP contribution >= 0.6 is 12.2 Å². The molecule has 4 rings (SSSR count). The molecule has 0 N–H and O–H groups in total. The minimum atomic E-state index is -0.393. The summed E-state index contributed by atoms with van der Waals surface area (Å²) in [6, 6.07) is 23.4. The van der Waals surface area contributed by atoms with Gasteiger partial charge >= 0.3 is 198 Å². The number of nitrogens with zero attached hydrogens (tertiary/aromatic N) is 4. The van der Waals surface area contributed by atoms with Crippen molar-refractivity contribution in [3.8, 4) is 6.07 Å². The molecule has 1 fully saturated rings. The number of nitriles is 1. The van der Waals surface area contributed by atoms with E-state index in [1.807, 2.05) is 54.6 Å². The Balaban J connectivity index is 1.74. The van der Waals surface area contributed by atoms with Crippen molar-refractivity contribution in [2.75, 3.05) is 19.0 Å². The van der Waals surface area contributed by atoms with E-state index in [1.54, 1.807) is 32.3 Å². The third-order valence-electron chi connectivity index (χ3n) is 5.03. The van der Waals surface area contributed by atoms with Gasteiger partial charge in [0.1, 0.15) is 0 Å². The first kappa shape index (κ1) is 21.7. The normalized spacial score (nSPS) is 13.9. The number of para-hydroxylation sites is 1. The van der Waals surface area contributed by atoms with Crippen molar-refractivity contribution in [2.24, 2.45) is 0 Å². The van der Waals surface area contributed by atoms with Crippen LogP contribution in [0, 0.1) is 11.3 Å². The molecule has 1 aromatic heterocycles. The fraction of sp³-hybridized carbons (Fsp3) is 0.0833. The van der Waals surface area contributed by atoms with E-state index in [-0.39, 0.29) is 25.2 Å². The molecule has 32 heavy (non-hydrogen) atoms. The van der Waals surface area contributed by atoms with Gasteiger partial charge in [0.25, 0.3) is 0 Å². The Hall–Kier alpha value is -3.50. The zero-order chi connectivity index (χ0) is 22.8. The number of amides is 2. The minimum absolute atomic E-state index is 0.107. The Kier molecular flexibility index (Phi) is 6.06. The van der Waals surface area contributed by atoms with Gasteiger partial charge < -0.3 is 0 Å². The zero-order valence-corrected chi connectivity index (χ0v) is 19.9. The third-order valence-corrected chi connectivity index (χ3v) is 7.71. The molecule has 0 spiro atoms. The quantitative estimate of drug-likeness (QED) is 0.234. The second-order valence-corrected chi connectivity index (χ2v) is 9.73. The maximum absolute atomic E-state index is 12.6. The van der Waals surface area contributed by atoms with Crippen molar-refractivity contribution in [1.29, 1.82) is 5.26 Å². The van der Waals surface area contributed by atoms with Gasteiger partial charge in [-0.05, 0) is 0 Å². The second-order valence-electron chi connectivity index (χ2n) is 7.07. The summed E-state index contributed by atoms with van der Waals surface area (Å²) in [5.41, 5.74) is 2.62. The second kappa shape index (κ2) is 8.93. The fourth-order valence-electron chi connectivity index (χ4n) is 3.32. The summed E-state index contributed by atoms with van der Waals surface area (Å²) in [7, 11) is 3.14. The molecular formula is C24H18N4O2SSe. The van der Waals surface area contributed by atoms with Crippen LogP contribution in [0.3, 0.4) is 0 Å². The number of carbonyl (C=O) groups is 2. The molecule has 6 nitrogen and oxygen atoms in total. The van der Waals surface area contributed by atoms with Gasteiger partial charge in [0.15, 0.2) is 0 Å². The Bertz CT molecular complexity index is 1250. The van der Waals surface area contributed by atoms with E-state index in [4.69, 9.17) is 17.5 Å². The summed E-state index contributed by atoms with van der Waals surface area (Å²) in [6.07, 6.45) is 1.67. The molecule has 2 heterocycles. The average molecular weight is 505 g/mol. The molecule has 0 radical (unpaired) electrons. The molecule has 0 unspecified atom stereocenters. The number of thiocarbonyl (C=S) groups is 1. The topological polar surface area (TPSA) is 67.6 Å². The van der Waals surface area contributed by atoms with Crippen molar-refractivity contribution in [1.82, 2.24) is 9.80 Å². The molecule has 8 heteroatoms. The van der Waals surface area contributed by atoms with E-state index in [2.05, 4.69) is 11.0 Å². The Morgan fingerprint density at radius 2 is 1.50 bits per heavy atom. The van der Waals surface area contributed by atoms with Crippen LogP contribution in [-0.4, -0.2) is 55.3 Å². The van der Waals surface area contributed by atoms with Gasteiger partial charge in [0.2, 0.25) is 0 Å². The van der Waals surface area contributed by atoms with Crippen LogP contribution in [0.2, 0.25) is 0 Å². The average Bonchev–Trinajstić information content (AvgIpc) is 3.28. The summed E-state index contributed by atoms with van der Waals surface area (Å²) in [4.78, 5) is 30.0. The van der Waals surface area contributed by atoms with Crippen LogP contribution in [0.4, 0.5) is 15.9 Å². The molecule has 3 aromatic rings. The van der Waals surface area contributed by atoms with Crippen molar-refractivity contribution in [3.63, 3.8) is 0 Å². The molecule has 2 amide bonds. The number of anilines is 3. The van der Waals surface area contributed by atoms with Crippen LogP contribution in [0.15, 0.2) is 72.3 Å². The molecule has 2 aromatic carbocycles. The van der Waals surface area contributed by atoms with Gasteiger partial charge in [-0.15, -0.1) is 0 Å². The van der Waals surface area contributed by atoms with E-state index in [9.17, 15) is 9.59 Å². The first-order valence-electron chi connectivity index (χ1n) is 9.67. The van der Waals surface area contributed by atoms with Gasteiger partial charge in [-0.3, -0.25) is 0 Å². The molecule has 1 aliphatic heterocycles. The molecule has 0 saturated carbocycles. The monoisotopic (exact) mass is 506 g/mol. The molecule has 1 saturated heterocycles. The van der Waals surface area contributed by atoms with Crippen molar-refractivity contribution in [3.05, 3.63) is 82.3 Å². The molecule has 0 aliphatic carbocycles. The number of hydrogen-bond donors (Lipinski definition) is 0. The number of hydrogen-bond acceptors (Lipinski definition) is 5. The summed E-state index contributed by atoms with van der Waals surface area (Å²) in [6.45, 7) is 0. The van der Waals surface area contributed by atoms with Crippen LogP contribution < -0.4 is 4.90 Å². The summed E-state index contributed by atoms with van der Waals surface area (Å²) in [5.74, 6) is -0.787. The first-order valence-corrected chi connectivity index (χ1v) is 11.8. The molecule has 0 atom stereocenters. The Morgan fingerprint density at radius 1 is 0.906 bits per heavy atom. The molecule has 158 valence electrons. The first-order chi connectivity index (χ1) is 15.4. The van der Waals surface area contributed by atoms with Gasteiger partial charge in [-0.1, -0.05) is 0 Å². The molecular weight excluding hydrogens is 487 g/mol. The van der Waals surface area contributed by atoms with Gasteiger partial charge in [-0.2, -0.15) is 0 Å². The third kappa shape index (κ3) is 4.02. The SMILES string of the molecule is CN1C(=O)C(=Cc2ccc(N(c3ccccc3)c3ccc(C#N)cc3)[se]2)C(=O)N(C)C1=S. The fourth-order valence-corrected chi connectivity index (χ4v) is 5.57. The Morgan fingerprint density at radius 3 is 2.09 bits per heavy atom. The van der Waals surface area contributed by atoms with Crippen molar-refractivity contribution < 1.29 is 9.59 Å². The van der Waals surface area contributed by atoms with E-state index in [1.165, 1.54) is 9.80 Å². The number of rotatable bonds is 4.